The van der Waals surface area contributed by atoms with Crippen molar-refractivity contribution in [2.24, 2.45) is 0 Å². The monoisotopic (exact) mass is 632 g/mol. The molecule has 0 bridgehead atoms. The normalized spacial score (nSPS) is 17.4. The summed E-state index contributed by atoms with van der Waals surface area (Å²) < 4.78 is 5.45. The fourth-order valence-corrected chi connectivity index (χ4v) is 6.77. The molecule has 4 heterocycles. The molecule has 2 aliphatic rings. The van der Waals surface area contributed by atoms with Crippen LogP contribution in [0.4, 0.5) is 15.5 Å². The average molecular weight is 633 g/mol. The number of pyridine rings is 1. The molecule has 0 saturated carbocycles. The molecule has 10 nitrogen and oxygen atoms in total. The number of nitrogens with zero attached hydrogens (tertiary/aromatic N) is 4. The second kappa shape index (κ2) is 12.9. The number of ether oxygens (including phenoxy) is 1. The minimum atomic E-state index is -1.000. The molecule has 0 spiro atoms. The third kappa shape index (κ3) is 7.21. The molecule has 0 aliphatic carbocycles. The highest BCUT2D eigenvalue weighted by Gasteiger charge is 2.44. The lowest BCUT2D eigenvalue weighted by atomic mass is 9.93. The molecular formula is C34H44N6O4S. The van der Waals surface area contributed by atoms with Gasteiger partial charge in [-0.05, 0) is 61.6 Å². The lowest BCUT2D eigenvalue weighted by Crippen LogP contribution is -2.63. The molecule has 0 atom stereocenters. The number of likely N-dealkylation sites (N-methyl/N-ethyl adjacent to an activating group) is 1. The first-order chi connectivity index (χ1) is 21.2. The van der Waals surface area contributed by atoms with E-state index in [-0.39, 0.29) is 17.2 Å². The predicted molar refractivity (Wildman–Crippen MR) is 179 cm³/mol. The summed E-state index contributed by atoms with van der Waals surface area (Å²) in [7, 11) is 1.75. The van der Waals surface area contributed by atoms with Crippen LogP contribution >= 0.6 is 11.3 Å². The van der Waals surface area contributed by atoms with E-state index in [0.717, 1.165) is 60.1 Å². The van der Waals surface area contributed by atoms with E-state index in [2.05, 4.69) is 42.4 Å². The Kier molecular flexibility index (Phi) is 9.34. The molecule has 45 heavy (non-hydrogen) atoms. The van der Waals surface area contributed by atoms with Gasteiger partial charge in [0.25, 0.3) is 5.91 Å². The van der Waals surface area contributed by atoms with Gasteiger partial charge in [0.2, 0.25) is 5.91 Å². The van der Waals surface area contributed by atoms with E-state index < -0.39 is 11.6 Å². The molecule has 0 unspecified atom stereocenters. The van der Waals surface area contributed by atoms with Crippen LogP contribution in [-0.2, 0) is 21.5 Å². The number of aryl methyl sites for hydroxylation is 1. The van der Waals surface area contributed by atoms with Gasteiger partial charge in [-0.25, -0.2) is 4.79 Å². The van der Waals surface area contributed by atoms with Gasteiger partial charge in [0, 0.05) is 62.1 Å². The summed E-state index contributed by atoms with van der Waals surface area (Å²) in [6.45, 7) is 16.8. The minimum absolute atomic E-state index is 0.114. The lowest BCUT2D eigenvalue weighted by Gasteiger charge is -2.44. The third-order valence-corrected chi connectivity index (χ3v) is 9.96. The summed E-state index contributed by atoms with van der Waals surface area (Å²) in [5, 5.41) is 6.33. The number of carbonyl (C=O) groups excluding carboxylic acids is 3. The molecule has 0 radical (unpaired) electrons. The Labute approximate surface area is 269 Å². The van der Waals surface area contributed by atoms with Gasteiger partial charge < -0.3 is 19.9 Å². The highest BCUT2D eigenvalue weighted by Crippen LogP contribution is 2.38. The predicted octanol–water partition coefficient (Wildman–Crippen LogP) is 5.59. The molecule has 2 aromatic heterocycles. The van der Waals surface area contributed by atoms with Gasteiger partial charge in [-0.2, -0.15) is 0 Å². The highest BCUT2D eigenvalue weighted by molar-refractivity contribution is 7.16. The SMILES string of the molecule is Cc1ccc(NC(=O)Nc2sc(C(C)(C)C)cc2C(=O)N2CCN(C)C(=O)C2(C)C)cc1-c1ccc(CN2CCOCC2)cn1. The fourth-order valence-electron chi connectivity index (χ4n) is 5.66. The van der Waals surface area contributed by atoms with Gasteiger partial charge in [-0.15, -0.1) is 11.3 Å². The molecule has 2 fully saturated rings. The first-order valence-electron chi connectivity index (χ1n) is 15.4. The smallest absolute Gasteiger partial charge is 0.324 e. The zero-order chi connectivity index (χ0) is 32.5. The van der Waals surface area contributed by atoms with Crippen molar-refractivity contribution in [2.75, 3.05) is 57.1 Å². The molecule has 5 rings (SSSR count). The van der Waals surface area contributed by atoms with Gasteiger partial charge >= 0.3 is 6.03 Å². The Hall–Kier alpha value is -3.80. The number of carbonyl (C=O) groups is 3. The molecule has 240 valence electrons. The summed E-state index contributed by atoms with van der Waals surface area (Å²) in [5.41, 5.74) is 3.70. The number of hydrogen-bond donors (Lipinski definition) is 2. The first kappa shape index (κ1) is 32.6. The largest absolute Gasteiger partial charge is 0.379 e. The molecule has 2 saturated heterocycles. The van der Waals surface area contributed by atoms with Crippen molar-refractivity contribution in [1.82, 2.24) is 19.7 Å². The van der Waals surface area contributed by atoms with Crippen molar-refractivity contribution in [2.45, 2.75) is 59.0 Å². The average Bonchev–Trinajstić information content (AvgIpc) is 3.42. The Morgan fingerprint density at radius 1 is 1.02 bits per heavy atom. The zero-order valence-corrected chi connectivity index (χ0v) is 28.1. The summed E-state index contributed by atoms with van der Waals surface area (Å²) >= 11 is 1.38. The summed E-state index contributed by atoms with van der Waals surface area (Å²) in [4.78, 5) is 51.5. The van der Waals surface area contributed by atoms with Gasteiger partial charge in [0.1, 0.15) is 10.5 Å². The van der Waals surface area contributed by atoms with Crippen LogP contribution in [0.25, 0.3) is 11.3 Å². The number of benzene rings is 1. The number of thiophene rings is 1. The number of urea groups is 1. The maximum atomic E-state index is 13.9. The number of morpholine rings is 1. The number of nitrogens with one attached hydrogen (secondary N) is 2. The second-order valence-electron chi connectivity index (χ2n) is 13.4. The second-order valence-corrected chi connectivity index (χ2v) is 14.4. The fraction of sp³-hybridized carbons (Fsp3) is 0.471. The van der Waals surface area contributed by atoms with Gasteiger partial charge in [-0.1, -0.05) is 32.9 Å². The van der Waals surface area contributed by atoms with Crippen molar-refractivity contribution in [3.8, 4) is 11.3 Å². The molecule has 2 aliphatic heterocycles. The van der Waals surface area contributed by atoms with Crippen molar-refractivity contribution < 1.29 is 19.1 Å². The van der Waals surface area contributed by atoms with Gasteiger partial charge in [0.15, 0.2) is 0 Å². The lowest BCUT2D eigenvalue weighted by molar-refractivity contribution is -0.144. The van der Waals surface area contributed by atoms with E-state index in [4.69, 9.17) is 9.72 Å². The van der Waals surface area contributed by atoms with E-state index in [1.54, 1.807) is 30.7 Å². The molecule has 3 aromatic rings. The molecule has 4 amide bonds. The third-order valence-electron chi connectivity index (χ3n) is 8.48. The Balaban J connectivity index is 1.33. The van der Waals surface area contributed by atoms with E-state index in [9.17, 15) is 14.4 Å². The van der Waals surface area contributed by atoms with E-state index in [0.29, 0.717) is 29.3 Å². The van der Waals surface area contributed by atoms with Crippen molar-refractivity contribution in [3.63, 3.8) is 0 Å². The summed E-state index contributed by atoms with van der Waals surface area (Å²) in [6.07, 6.45) is 1.91. The molecular weight excluding hydrogens is 588 g/mol. The standard InChI is InChI=1S/C34H44N6O4S/c1-22-8-10-24(18-25(22)27-11-9-23(20-35-27)21-39-14-16-44-17-15-39)36-32(43)37-29-26(19-28(45-29)33(2,3)4)30(41)40-13-12-38(7)31(42)34(40,5)6/h8-11,18-20H,12-17,21H2,1-7H3,(H2,36,37,43). The number of rotatable bonds is 6. The van der Waals surface area contributed by atoms with Crippen LogP contribution in [0.15, 0.2) is 42.6 Å². The van der Waals surface area contributed by atoms with Crippen LogP contribution in [0.1, 0.15) is 61.0 Å². The van der Waals surface area contributed by atoms with E-state index >= 15 is 0 Å². The van der Waals surface area contributed by atoms with Gasteiger partial charge in [-0.3, -0.25) is 24.8 Å². The Morgan fingerprint density at radius 2 is 1.76 bits per heavy atom. The molecule has 11 heteroatoms. The van der Waals surface area contributed by atoms with E-state index in [1.807, 2.05) is 43.5 Å². The van der Waals surface area contributed by atoms with Crippen LogP contribution in [-0.4, -0.2) is 89.5 Å². The topological polar surface area (TPSA) is 107 Å². The maximum absolute atomic E-state index is 13.9. The molecule has 1 aromatic carbocycles. The Morgan fingerprint density at radius 3 is 2.42 bits per heavy atom. The minimum Gasteiger partial charge on any atom is -0.379 e. The molecule has 2 N–H and O–H groups in total. The number of aromatic nitrogens is 1. The number of piperazine rings is 1. The van der Waals surface area contributed by atoms with Crippen molar-refractivity contribution >= 4 is 39.9 Å². The van der Waals surface area contributed by atoms with Crippen molar-refractivity contribution in [3.05, 3.63) is 64.2 Å². The quantitative estimate of drug-likeness (QED) is 0.367. The summed E-state index contributed by atoms with van der Waals surface area (Å²) in [5.74, 6) is -0.388. The van der Waals surface area contributed by atoms with Crippen LogP contribution in [0.5, 0.6) is 0 Å². The van der Waals surface area contributed by atoms with Crippen LogP contribution in [0.3, 0.4) is 0 Å². The number of amides is 4. The first-order valence-corrected chi connectivity index (χ1v) is 16.2. The van der Waals surface area contributed by atoms with Crippen LogP contribution in [0.2, 0.25) is 0 Å². The van der Waals surface area contributed by atoms with Gasteiger partial charge in [0.05, 0.1) is 24.5 Å². The Bertz CT molecular complexity index is 1570. The number of hydrogen-bond acceptors (Lipinski definition) is 7. The van der Waals surface area contributed by atoms with E-state index in [1.165, 1.54) is 11.3 Å². The van der Waals surface area contributed by atoms with Crippen LogP contribution < -0.4 is 10.6 Å². The van der Waals surface area contributed by atoms with Crippen molar-refractivity contribution in [1.29, 1.82) is 0 Å². The highest BCUT2D eigenvalue weighted by atomic mass is 32.1. The number of anilines is 2. The zero-order valence-electron chi connectivity index (χ0n) is 27.3. The van der Waals surface area contributed by atoms with Crippen LogP contribution in [0, 0.1) is 6.92 Å². The maximum Gasteiger partial charge on any atom is 0.324 e. The summed E-state index contributed by atoms with van der Waals surface area (Å²) in [6, 6.07) is 11.2.